The zero-order valence-electron chi connectivity index (χ0n) is 8.94. The van der Waals surface area contributed by atoms with Crippen LogP contribution in [0.15, 0.2) is 23.0 Å². The molecule has 7 heteroatoms. The predicted octanol–water partition coefficient (Wildman–Crippen LogP) is 0.284. The molecule has 1 N–H and O–H groups in total. The van der Waals surface area contributed by atoms with Gasteiger partial charge in [-0.05, 0) is 25.1 Å². The summed E-state index contributed by atoms with van der Waals surface area (Å²) in [5, 5.41) is 12.2. The monoisotopic (exact) mass is 254 g/mol. The fourth-order valence-corrected chi connectivity index (χ4v) is 1.83. The Morgan fingerprint density at radius 3 is 2.88 bits per heavy atom. The lowest BCUT2D eigenvalue weighted by Crippen LogP contribution is -2.51. The maximum absolute atomic E-state index is 11.7. The summed E-state index contributed by atoms with van der Waals surface area (Å²) in [6.45, 7) is 1.72. The topological polar surface area (TPSA) is 81.2 Å². The number of carbonyl (C=O) groups excluding carboxylic acids is 1. The van der Waals surface area contributed by atoms with Crippen molar-refractivity contribution in [3.63, 3.8) is 0 Å². The molecular formula is C10H9ClN3O3-. The van der Waals surface area contributed by atoms with Crippen LogP contribution >= 0.6 is 11.6 Å². The van der Waals surface area contributed by atoms with E-state index in [9.17, 15) is 14.7 Å². The summed E-state index contributed by atoms with van der Waals surface area (Å²) in [5.41, 5.74) is 0.362. The smallest absolute Gasteiger partial charge is 0.345 e. The molecule has 2 aromatic rings. The second kappa shape index (κ2) is 4.14. The van der Waals surface area contributed by atoms with Crippen LogP contribution in [0.3, 0.4) is 0 Å². The molecule has 0 aliphatic heterocycles. The average Bonchev–Trinajstić information content (AvgIpc) is 2.55. The standard InChI is InChI=1S/C10H10ClN3O3/c1-2-13(10(16)17)14-8-4-3-6(11)5-7(8)12-9(14)15/h3-5H,2H2,1H3,(H,12,15)(H,16,17)/p-1. The van der Waals surface area contributed by atoms with Crippen molar-refractivity contribution in [1.29, 1.82) is 0 Å². The van der Waals surface area contributed by atoms with Crippen LogP contribution in [0.4, 0.5) is 4.79 Å². The number of carboxylic acid groups (broad SMARTS) is 1. The summed E-state index contributed by atoms with van der Waals surface area (Å²) >= 11 is 5.78. The Kier molecular flexibility index (Phi) is 2.81. The number of H-pyrrole nitrogens is 1. The number of hydrogen-bond acceptors (Lipinski definition) is 3. The van der Waals surface area contributed by atoms with Crippen LogP contribution in [0.2, 0.25) is 5.02 Å². The number of amides is 1. The van der Waals surface area contributed by atoms with E-state index in [0.29, 0.717) is 16.1 Å². The highest BCUT2D eigenvalue weighted by atomic mass is 35.5. The van der Waals surface area contributed by atoms with E-state index in [0.717, 1.165) is 9.69 Å². The van der Waals surface area contributed by atoms with Gasteiger partial charge in [-0.3, -0.25) is 5.01 Å². The minimum atomic E-state index is -1.44. The van der Waals surface area contributed by atoms with Crippen molar-refractivity contribution in [3.8, 4) is 0 Å². The van der Waals surface area contributed by atoms with Gasteiger partial charge in [0.1, 0.15) is 0 Å². The Bertz CT molecular complexity index is 631. The summed E-state index contributed by atoms with van der Waals surface area (Å²) in [6, 6.07) is 4.70. The Balaban J connectivity index is 2.72. The van der Waals surface area contributed by atoms with Crippen LogP contribution in [-0.4, -0.2) is 22.3 Å². The van der Waals surface area contributed by atoms with E-state index in [1.54, 1.807) is 25.1 Å². The lowest BCUT2D eigenvalue weighted by atomic mass is 10.3. The van der Waals surface area contributed by atoms with Crippen LogP contribution in [0.1, 0.15) is 6.92 Å². The van der Waals surface area contributed by atoms with Crippen molar-refractivity contribution >= 4 is 28.7 Å². The number of carbonyl (C=O) groups is 1. The largest absolute Gasteiger partial charge is 0.529 e. The van der Waals surface area contributed by atoms with Gasteiger partial charge in [0.05, 0.1) is 11.0 Å². The summed E-state index contributed by atoms with van der Waals surface area (Å²) in [6.07, 6.45) is -1.44. The van der Waals surface area contributed by atoms with E-state index in [4.69, 9.17) is 11.6 Å². The van der Waals surface area contributed by atoms with Gasteiger partial charge >= 0.3 is 5.69 Å². The lowest BCUT2D eigenvalue weighted by molar-refractivity contribution is -0.248. The molecule has 0 atom stereocenters. The molecule has 1 aromatic carbocycles. The second-order valence-electron chi connectivity index (χ2n) is 3.39. The molecule has 0 aliphatic carbocycles. The molecule has 90 valence electrons. The maximum atomic E-state index is 11.7. The molecule has 0 unspecified atom stereocenters. The highest BCUT2D eigenvalue weighted by molar-refractivity contribution is 6.31. The molecule has 1 amide bonds. The van der Waals surface area contributed by atoms with Gasteiger partial charge < -0.3 is 14.9 Å². The summed E-state index contributed by atoms with van der Waals surface area (Å²) < 4.78 is 1.01. The van der Waals surface area contributed by atoms with Gasteiger partial charge in [0.2, 0.25) is 0 Å². The molecule has 0 saturated carbocycles. The number of aromatic amines is 1. The third kappa shape index (κ3) is 1.87. The van der Waals surface area contributed by atoms with Gasteiger partial charge in [0, 0.05) is 11.6 Å². The number of aromatic nitrogens is 2. The van der Waals surface area contributed by atoms with Gasteiger partial charge in [-0.25, -0.2) is 4.79 Å². The van der Waals surface area contributed by atoms with E-state index in [1.807, 2.05) is 0 Å². The first kappa shape index (κ1) is 11.5. The molecule has 0 saturated heterocycles. The van der Waals surface area contributed by atoms with Gasteiger partial charge in [-0.1, -0.05) is 11.6 Å². The number of fused-ring (bicyclic) bond motifs is 1. The first-order valence-corrected chi connectivity index (χ1v) is 5.31. The summed E-state index contributed by atoms with van der Waals surface area (Å²) in [5.74, 6) is 0. The number of benzene rings is 1. The first-order chi connectivity index (χ1) is 8.04. The minimum Gasteiger partial charge on any atom is -0.529 e. The Morgan fingerprint density at radius 2 is 2.29 bits per heavy atom. The first-order valence-electron chi connectivity index (χ1n) is 4.93. The molecule has 1 aromatic heterocycles. The highest BCUT2D eigenvalue weighted by Crippen LogP contribution is 2.16. The quantitative estimate of drug-likeness (QED) is 0.836. The molecular weight excluding hydrogens is 246 g/mol. The SMILES string of the molecule is CCN(C(=O)[O-])n1c(=O)[nH]c2cc(Cl)ccc21. The third-order valence-electron chi connectivity index (χ3n) is 2.37. The molecule has 0 fully saturated rings. The van der Waals surface area contributed by atoms with Crippen molar-refractivity contribution in [2.45, 2.75) is 6.92 Å². The number of halogens is 1. The van der Waals surface area contributed by atoms with Crippen LogP contribution < -0.4 is 15.8 Å². The lowest BCUT2D eigenvalue weighted by Gasteiger charge is -2.23. The van der Waals surface area contributed by atoms with Gasteiger partial charge in [0.25, 0.3) is 0 Å². The number of nitrogens with zero attached hydrogens (tertiary/aromatic N) is 2. The van der Waals surface area contributed by atoms with E-state index in [-0.39, 0.29) is 6.54 Å². The summed E-state index contributed by atoms with van der Waals surface area (Å²) in [4.78, 5) is 25.1. The van der Waals surface area contributed by atoms with Crippen LogP contribution in [-0.2, 0) is 0 Å². The molecule has 2 rings (SSSR count). The fraction of sp³-hybridized carbons (Fsp3) is 0.200. The average molecular weight is 255 g/mol. The Labute approximate surface area is 101 Å². The van der Waals surface area contributed by atoms with Crippen molar-refractivity contribution < 1.29 is 9.90 Å². The third-order valence-corrected chi connectivity index (χ3v) is 2.61. The highest BCUT2D eigenvalue weighted by Gasteiger charge is 2.13. The number of imidazole rings is 1. The number of nitrogens with one attached hydrogen (secondary N) is 1. The number of rotatable bonds is 2. The zero-order chi connectivity index (χ0) is 12.6. The van der Waals surface area contributed by atoms with Crippen LogP contribution in [0, 0.1) is 0 Å². The van der Waals surface area contributed by atoms with Crippen molar-refractivity contribution in [3.05, 3.63) is 33.7 Å². The van der Waals surface area contributed by atoms with E-state index in [2.05, 4.69) is 4.98 Å². The van der Waals surface area contributed by atoms with Crippen LogP contribution in [0.25, 0.3) is 11.0 Å². The zero-order valence-corrected chi connectivity index (χ0v) is 9.69. The second-order valence-corrected chi connectivity index (χ2v) is 3.82. The molecule has 1 heterocycles. The van der Waals surface area contributed by atoms with E-state index in [1.165, 1.54) is 0 Å². The normalized spacial score (nSPS) is 10.7. The number of hydrogen-bond donors (Lipinski definition) is 1. The summed E-state index contributed by atoms with van der Waals surface area (Å²) in [7, 11) is 0. The predicted molar refractivity (Wildman–Crippen MR) is 61.7 cm³/mol. The minimum absolute atomic E-state index is 0.109. The van der Waals surface area contributed by atoms with Crippen LogP contribution in [0.5, 0.6) is 0 Å². The molecule has 0 spiro atoms. The van der Waals surface area contributed by atoms with E-state index >= 15 is 0 Å². The molecule has 17 heavy (non-hydrogen) atoms. The van der Waals surface area contributed by atoms with Gasteiger partial charge in [-0.15, -0.1) is 0 Å². The van der Waals surface area contributed by atoms with Gasteiger partial charge in [-0.2, -0.15) is 4.68 Å². The van der Waals surface area contributed by atoms with Gasteiger partial charge in [0.15, 0.2) is 6.09 Å². The van der Waals surface area contributed by atoms with Crippen molar-refractivity contribution in [2.24, 2.45) is 0 Å². The van der Waals surface area contributed by atoms with E-state index < -0.39 is 11.8 Å². The maximum Gasteiger partial charge on any atom is 0.345 e. The van der Waals surface area contributed by atoms with Crippen molar-refractivity contribution in [1.82, 2.24) is 9.66 Å². The Morgan fingerprint density at radius 1 is 1.59 bits per heavy atom. The fourth-order valence-electron chi connectivity index (χ4n) is 1.66. The molecule has 0 bridgehead atoms. The molecule has 6 nitrogen and oxygen atoms in total. The van der Waals surface area contributed by atoms with Crippen molar-refractivity contribution in [2.75, 3.05) is 11.6 Å². The molecule has 0 aliphatic rings. The molecule has 0 radical (unpaired) electrons. The Hall–Kier alpha value is -1.95.